The SMILES string of the molecule is CCc1cnc(N2CCC(c3ccc(COc4ccc(-n5cnnn5)cc4)nc3)CC2)nc1. The van der Waals surface area contributed by atoms with Gasteiger partial charge in [-0.1, -0.05) is 13.0 Å². The normalized spacial score (nSPS) is 14.4. The van der Waals surface area contributed by atoms with Crippen LogP contribution in [0, 0.1) is 0 Å². The topological polar surface area (TPSA) is 94.7 Å². The highest BCUT2D eigenvalue weighted by atomic mass is 16.5. The third-order valence-electron chi connectivity index (χ3n) is 6.03. The predicted molar refractivity (Wildman–Crippen MR) is 123 cm³/mol. The summed E-state index contributed by atoms with van der Waals surface area (Å²) in [5, 5.41) is 11.2. The fraction of sp³-hybridized carbons (Fsp3) is 0.333. The van der Waals surface area contributed by atoms with E-state index in [0.717, 1.165) is 55.4 Å². The molecule has 0 radical (unpaired) electrons. The van der Waals surface area contributed by atoms with E-state index >= 15 is 0 Å². The lowest BCUT2D eigenvalue weighted by atomic mass is 9.90. The van der Waals surface area contributed by atoms with Gasteiger partial charge in [-0.2, -0.15) is 0 Å². The predicted octanol–water partition coefficient (Wildman–Crippen LogP) is 3.37. The average Bonchev–Trinajstić information content (AvgIpc) is 3.43. The van der Waals surface area contributed by atoms with E-state index in [9.17, 15) is 0 Å². The molecule has 1 fully saturated rings. The molecule has 33 heavy (non-hydrogen) atoms. The molecule has 0 amide bonds. The third kappa shape index (κ3) is 4.97. The molecular formula is C24H26N8O. The van der Waals surface area contributed by atoms with Crippen LogP contribution < -0.4 is 9.64 Å². The second-order valence-electron chi connectivity index (χ2n) is 8.13. The monoisotopic (exact) mass is 442 g/mol. The molecule has 3 aromatic heterocycles. The van der Waals surface area contributed by atoms with Crippen molar-refractivity contribution in [1.82, 2.24) is 35.2 Å². The fourth-order valence-electron chi connectivity index (χ4n) is 4.00. The van der Waals surface area contributed by atoms with Gasteiger partial charge in [-0.25, -0.2) is 14.6 Å². The van der Waals surface area contributed by atoms with Crippen LogP contribution >= 0.6 is 0 Å². The fourth-order valence-corrected chi connectivity index (χ4v) is 4.00. The van der Waals surface area contributed by atoms with Crippen molar-refractivity contribution in [3.63, 3.8) is 0 Å². The largest absolute Gasteiger partial charge is 0.487 e. The number of piperidine rings is 1. The van der Waals surface area contributed by atoms with E-state index in [2.05, 4.69) is 54.4 Å². The Morgan fingerprint density at radius 3 is 2.36 bits per heavy atom. The van der Waals surface area contributed by atoms with E-state index < -0.39 is 0 Å². The zero-order chi connectivity index (χ0) is 22.5. The molecule has 1 aliphatic heterocycles. The molecule has 9 nitrogen and oxygen atoms in total. The minimum absolute atomic E-state index is 0.425. The van der Waals surface area contributed by atoms with Gasteiger partial charge in [-0.3, -0.25) is 4.98 Å². The Balaban J connectivity index is 1.12. The molecule has 9 heteroatoms. The summed E-state index contributed by atoms with van der Waals surface area (Å²) >= 11 is 0. The summed E-state index contributed by atoms with van der Waals surface area (Å²) in [5.74, 6) is 2.12. The first-order valence-corrected chi connectivity index (χ1v) is 11.3. The summed E-state index contributed by atoms with van der Waals surface area (Å²) in [6.45, 7) is 4.46. The first-order valence-electron chi connectivity index (χ1n) is 11.3. The number of rotatable bonds is 7. The number of aromatic nitrogens is 7. The van der Waals surface area contributed by atoms with E-state index in [1.807, 2.05) is 42.9 Å². The van der Waals surface area contributed by atoms with Crippen molar-refractivity contribution in [2.45, 2.75) is 38.7 Å². The van der Waals surface area contributed by atoms with Gasteiger partial charge in [0.25, 0.3) is 0 Å². The quantitative estimate of drug-likeness (QED) is 0.430. The van der Waals surface area contributed by atoms with Crippen LogP contribution in [0.25, 0.3) is 5.69 Å². The zero-order valence-corrected chi connectivity index (χ0v) is 18.6. The van der Waals surface area contributed by atoms with Crippen LogP contribution in [0.3, 0.4) is 0 Å². The summed E-state index contributed by atoms with van der Waals surface area (Å²) in [6.07, 6.45) is 10.5. The molecule has 1 aliphatic rings. The number of nitrogens with zero attached hydrogens (tertiary/aromatic N) is 8. The van der Waals surface area contributed by atoms with E-state index in [0.29, 0.717) is 12.5 Å². The molecule has 0 atom stereocenters. The number of anilines is 1. The number of pyridine rings is 1. The lowest BCUT2D eigenvalue weighted by molar-refractivity contribution is 0.301. The highest BCUT2D eigenvalue weighted by Gasteiger charge is 2.22. The smallest absolute Gasteiger partial charge is 0.225 e. The van der Waals surface area contributed by atoms with Crippen molar-refractivity contribution >= 4 is 5.95 Å². The highest BCUT2D eigenvalue weighted by molar-refractivity contribution is 5.36. The first-order chi connectivity index (χ1) is 16.3. The highest BCUT2D eigenvalue weighted by Crippen LogP contribution is 2.29. The molecule has 0 N–H and O–H groups in total. The van der Waals surface area contributed by atoms with Crippen LogP contribution in [0.2, 0.25) is 0 Å². The molecule has 0 bridgehead atoms. The van der Waals surface area contributed by atoms with Gasteiger partial charge < -0.3 is 9.64 Å². The maximum Gasteiger partial charge on any atom is 0.225 e. The Bertz CT molecular complexity index is 1140. The van der Waals surface area contributed by atoms with Gasteiger partial charge >= 0.3 is 0 Å². The van der Waals surface area contributed by atoms with Crippen LogP contribution in [-0.4, -0.2) is 48.2 Å². The Hall–Kier alpha value is -3.88. The summed E-state index contributed by atoms with van der Waals surface area (Å²) in [4.78, 5) is 16.0. The summed E-state index contributed by atoms with van der Waals surface area (Å²) in [5.41, 5.74) is 4.24. The van der Waals surface area contributed by atoms with Crippen LogP contribution in [-0.2, 0) is 13.0 Å². The van der Waals surface area contributed by atoms with E-state index in [4.69, 9.17) is 4.74 Å². The zero-order valence-electron chi connectivity index (χ0n) is 18.6. The standard InChI is InChI=1S/C24H26N8O/c1-2-18-13-26-24(27-14-18)31-11-9-19(10-12-31)20-3-4-21(25-15-20)16-33-23-7-5-22(6-8-23)32-17-28-29-30-32/h3-8,13-15,17,19H,2,9-12,16H2,1H3. The lowest BCUT2D eigenvalue weighted by Gasteiger charge is -2.32. The van der Waals surface area contributed by atoms with Crippen molar-refractivity contribution in [1.29, 1.82) is 0 Å². The van der Waals surface area contributed by atoms with Crippen molar-refractivity contribution in [3.8, 4) is 11.4 Å². The maximum absolute atomic E-state index is 5.89. The number of ether oxygens (including phenoxy) is 1. The number of aryl methyl sites for hydroxylation is 1. The molecule has 0 unspecified atom stereocenters. The van der Waals surface area contributed by atoms with Crippen molar-refractivity contribution in [2.75, 3.05) is 18.0 Å². The van der Waals surface area contributed by atoms with Gasteiger partial charge in [0.15, 0.2) is 0 Å². The van der Waals surface area contributed by atoms with E-state index in [1.165, 1.54) is 11.1 Å². The van der Waals surface area contributed by atoms with Crippen molar-refractivity contribution < 1.29 is 4.74 Å². The van der Waals surface area contributed by atoms with Crippen LogP contribution in [0.15, 0.2) is 61.3 Å². The third-order valence-corrected chi connectivity index (χ3v) is 6.03. The first kappa shape index (κ1) is 21.0. The van der Waals surface area contributed by atoms with E-state index in [-0.39, 0.29) is 0 Å². The molecule has 4 aromatic rings. The number of tetrazole rings is 1. The lowest BCUT2D eigenvalue weighted by Crippen LogP contribution is -2.34. The molecule has 0 spiro atoms. The van der Waals surface area contributed by atoms with Crippen molar-refractivity contribution in [2.24, 2.45) is 0 Å². The number of benzene rings is 1. The molecular weight excluding hydrogens is 416 g/mol. The average molecular weight is 443 g/mol. The summed E-state index contributed by atoms with van der Waals surface area (Å²) < 4.78 is 7.49. The van der Waals surface area contributed by atoms with Crippen molar-refractivity contribution in [3.05, 3.63) is 78.1 Å². The summed E-state index contributed by atoms with van der Waals surface area (Å²) in [6, 6.07) is 11.9. The van der Waals surface area contributed by atoms with Crippen LogP contribution in [0.5, 0.6) is 5.75 Å². The van der Waals surface area contributed by atoms with Gasteiger partial charge in [0.1, 0.15) is 18.7 Å². The van der Waals surface area contributed by atoms with Gasteiger partial charge in [0.05, 0.1) is 11.4 Å². The van der Waals surface area contributed by atoms with E-state index in [1.54, 1.807) is 11.0 Å². The summed E-state index contributed by atoms with van der Waals surface area (Å²) in [7, 11) is 0. The van der Waals surface area contributed by atoms with Gasteiger partial charge in [-0.05, 0) is 77.1 Å². The molecule has 168 valence electrons. The molecule has 0 aliphatic carbocycles. The van der Waals surface area contributed by atoms with Gasteiger partial charge in [-0.15, -0.1) is 5.10 Å². The van der Waals surface area contributed by atoms with Crippen LogP contribution in [0.1, 0.15) is 42.5 Å². The molecule has 1 saturated heterocycles. The van der Waals surface area contributed by atoms with Crippen LogP contribution in [0.4, 0.5) is 5.95 Å². The Morgan fingerprint density at radius 1 is 0.939 bits per heavy atom. The Labute approximate surface area is 192 Å². The maximum atomic E-state index is 5.89. The van der Waals surface area contributed by atoms with Gasteiger partial charge in [0.2, 0.25) is 5.95 Å². The minimum atomic E-state index is 0.425. The number of hydrogen-bond acceptors (Lipinski definition) is 8. The second-order valence-corrected chi connectivity index (χ2v) is 8.13. The number of hydrogen-bond donors (Lipinski definition) is 0. The molecule has 4 heterocycles. The minimum Gasteiger partial charge on any atom is -0.487 e. The second kappa shape index (κ2) is 9.72. The Kier molecular flexibility index (Phi) is 6.19. The molecule has 5 rings (SSSR count). The molecule has 1 aromatic carbocycles. The molecule has 0 saturated carbocycles. The van der Waals surface area contributed by atoms with Gasteiger partial charge in [0, 0.05) is 31.7 Å². The Morgan fingerprint density at radius 2 is 1.73 bits per heavy atom.